The highest BCUT2D eigenvalue weighted by molar-refractivity contribution is 6.31. The second-order valence-electron chi connectivity index (χ2n) is 8.20. The zero-order chi connectivity index (χ0) is 19.8. The first-order valence-electron chi connectivity index (χ1n) is 10.5. The topological polar surface area (TPSA) is 74.2 Å². The van der Waals surface area contributed by atoms with Crippen molar-refractivity contribution in [2.24, 2.45) is 0 Å². The van der Waals surface area contributed by atoms with Crippen LogP contribution in [0.5, 0.6) is 0 Å². The summed E-state index contributed by atoms with van der Waals surface area (Å²) in [5.41, 5.74) is 2.49. The molecule has 1 aliphatic carbocycles. The molecule has 0 aromatic carbocycles. The van der Waals surface area contributed by atoms with E-state index < -0.39 is 0 Å². The second kappa shape index (κ2) is 7.88. The third kappa shape index (κ3) is 4.07. The number of nitrogens with zero attached hydrogens (tertiary/aromatic N) is 5. The number of hydrogen-bond acceptors (Lipinski definition) is 6. The molecule has 3 aliphatic rings. The van der Waals surface area contributed by atoms with Gasteiger partial charge in [0.15, 0.2) is 0 Å². The molecule has 2 aliphatic heterocycles. The quantitative estimate of drug-likeness (QED) is 0.806. The molecular weight excluding hydrogens is 388 g/mol. The lowest BCUT2D eigenvalue weighted by Crippen LogP contribution is -2.36. The van der Waals surface area contributed by atoms with Crippen molar-refractivity contribution in [1.29, 1.82) is 0 Å². The molecule has 1 atom stereocenters. The highest BCUT2D eigenvalue weighted by Gasteiger charge is 2.34. The number of anilines is 3. The summed E-state index contributed by atoms with van der Waals surface area (Å²) in [6.07, 6.45) is 11.5. The zero-order valence-electron chi connectivity index (χ0n) is 16.4. The van der Waals surface area contributed by atoms with Gasteiger partial charge in [-0.15, -0.1) is 0 Å². The Kier molecular flexibility index (Phi) is 5.09. The number of carbonyl (C=O) groups excluding carboxylic acids is 1. The summed E-state index contributed by atoms with van der Waals surface area (Å²) in [5, 5.41) is 3.87. The average Bonchev–Trinajstić information content (AvgIpc) is 3.51. The van der Waals surface area contributed by atoms with E-state index >= 15 is 0 Å². The maximum Gasteiger partial charge on any atom is 0.227 e. The van der Waals surface area contributed by atoms with Crippen molar-refractivity contribution in [3.63, 3.8) is 0 Å². The lowest BCUT2D eigenvalue weighted by molar-refractivity contribution is -0.117. The minimum absolute atomic E-state index is 0.145. The number of pyridine rings is 1. The molecular formula is C21H25ClN6O. The van der Waals surface area contributed by atoms with Crippen molar-refractivity contribution < 1.29 is 4.79 Å². The third-order valence-corrected chi connectivity index (χ3v) is 6.33. The number of amides is 1. The van der Waals surface area contributed by atoms with Crippen LogP contribution in [0.25, 0.3) is 0 Å². The van der Waals surface area contributed by atoms with Gasteiger partial charge in [0, 0.05) is 31.5 Å². The highest BCUT2D eigenvalue weighted by atomic mass is 35.5. The van der Waals surface area contributed by atoms with Gasteiger partial charge in [0.05, 0.1) is 40.7 Å². The van der Waals surface area contributed by atoms with E-state index in [1.54, 1.807) is 23.5 Å². The van der Waals surface area contributed by atoms with E-state index in [0.29, 0.717) is 23.3 Å². The van der Waals surface area contributed by atoms with Crippen LogP contribution in [0.3, 0.4) is 0 Å². The number of carbonyl (C=O) groups is 1. The number of piperidine rings is 1. The molecule has 2 aromatic rings. The van der Waals surface area contributed by atoms with E-state index in [0.717, 1.165) is 49.0 Å². The molecule has 1 saturated carbocycles. The molecule has 0 bridgehead atoms. The van der Waals surface area contributed by atoms with Crippen molar-refractivity contribution in [2.45, 2.75) is 50.5 Å². The van der Waals surface area contributed by atoms with Gasteiger partial charge in [-0.1, -0.05) is 11.6 Å². The molecule has 4 heterocycles. The predicted molar refractivity (Wildman–Crippen MR) is 113 cm³/mol. The Morgan fingerprint density at radius 3 is 2.79 bits per heavy atom. The number of likely N-dealkylation sites (tertiary alicyclic amines) is 1. The number of rotatable bonds is 5. The monoisotopic (exact) mass is 412 g/mol. The van der Waals surface area contributed by atoms with Crippen molar-refractivity contribution >= 4 is 34.8 Å². The van der Waals surface area contributed by atoms with Crippen molar-refractivity contribution in [3.8, 4) is 0 Å². The Morgan fingerprint density at radius 1 is 1.10 bits per heavy atom. The van der Waals surface area contributed by atoms with E-state index in [9.17, 15) is 4.79 Å². The van der Waals surface area contributed by atoms with Crippen LogP contribution in [0.1, 0.15) is 50.1 Å². The summed E-state index contributed by atoms with van der Waals surface area (Å²) in [7, 11) is 0. The maximum absolute atomic E-state index is 12.0. The number of halogens is 1. The van der Waals surface area contributed by atoms with Crippen molar-refractivity contribution in [3.05, 3.63) is 35.4 Å². The minimum Gasteiger partial charge on any atom is -0.323 e. The van der Waals surface area contributed by atoms with Gasteiger partial charge in [-0.05, 0) is 44.7 Å². The van der Waals surface area contributed by atoms with Crippen LogP contribution >= 0.6 is 11.6 Å². The first kappa shape index (κ1) is 18.8. The minimum atomic E-state index is 0.145. The number of nitrogens with one attached hydrogen (secondary N) is 1. The fraction of sp³-hybridized carbons (Fsp3) is 0.524. The molecule has 8 heteroatoms. The normalized spacial score (nSPS) is 22.9. The van der Waals surface area contributed by atoms with Gasteiger partial charge in [0.1, 0.15) is 0 Å². The first-order valence-corrected chi connectivity index (χ1v) is 10.8. The van der Waals surface area contributed by atoms with Gasteiger partial charge in [-0.3, -0.25) is 14.7 Å². The van der Waals surface area contributed by atoms with Gasteiger partial charge < -0.3 is 10.2 Å². The van der Waals surface area contributed by atoms with Crippen LogP contribution in [0, 0.1) is 0 Å². The van der Waals surface area contributed by atoms with E-state index in [1.165, 1.54) is 25.8 Å². The molecule has 0 radical (unpaired) electrons. The Balaban J connectivity index is 1.34. The summed E-state index contributed by atoms with van der Waals surface area (Å²) >= 11 is 6.48. The summed E-state index contributed by atoms with van der Waals surface area (Å²) in [4.78, 5) is 29.8. The Hall–Kier alpha value is -2.25. The van der Waals surface area contributed by atoms with Crippen LogP contribution in [-0.2, 0) is 4.79 Å². The lowest BCUT2D eigenvalue weighted by atomic mass is 9.94. The van der Waals surface area contributed by atoms with Gasteiger partial charge >= 0.3 is 0 Å². The number of hydrogen-bond donors (Lipinski definition) is 1. The van der Waals surface area contributed by atoms with Crippen LogP contribution in [-0.4, -0.2) is 51.4 Å². The summed E-state index contributed by atoms with van der Waals surface area (Å²) < 4.78 is 0. The average molecular weight is 413 g/mol. The first-order chi connectivity index (χ1) is 14.2. The van der Waals surface area contributed by atoms with E-state index in [2.05, 4.69) is 20.2 Å². The van der Waals surface area contributed by atoms with Crippen molar-refractivity contribution in [2.75, 3.05) is 29.9 Å². The smallest absolute Gasteiger partial charge is 0.227 e. The second-order valence-corrected chi connectivity index (χ2v) is 8.60. The summed E-state index contributed by atoms with van der Waals surface area (Å²) in [6.45, 7) is 2.95. The maximum atomic E-state index is 12.0. The van der Waals surface area contributed by atoms with Crippen LogP contribution < -0.4 is 10.2 Å². The number of aromatic nitrogens is 3. The largest absolute Gasteiger partial charge is 0.323 e. The molecule has 3 fully saturated rings. The standard InChI is InChI=1S/C21H25ClN6O/c22-18-12-24-21(26-20(18)14-3-1-7-27(13-14)16-5-6-16)25-15-9-17(11-23-10-15)28-8-2-4-19(28)29/h9-12,14,16H,1-8,13H2,(H,24,25,26). The fourth-order valence-electron chi connectivity index (χ4n) is 4.42. The molecule has 29 heavy (non-hydrogen) atoms. The van der Waals surface area contributed by atoms with Crippen LogP contribution in [0.2, 0.25) is 5.02 Å². The molecule has 1 N–H and O–H groups in total. The Bertz CT molecular complexity index is 918. The molecule has 2 aromatic heterocycles. The van der Waals surface area contributed by atoms with Gasteiger partial charge in [-0.2, -0.15) is 0 Å². The van der Waals surface area contributed by atoms with Crippen LogP contribution in [0.15, 0.2) is 24.7 Å². The summed E-state index contributed by atoms with van der Waals surface area (Å²) in [5.74, 6) is 0.998. The van der Waals surface area contributed by atoms with Gasteiger partial charge in [-0.25, -0.2) is 9.97 Å². The SMILES string of the molecule is O=C1CCCN1c1cncc(Nc2ncc(Cl)c(C3CCCN(C4CC4)C3)n2)c1. The lowest BCUT2D eigenvalue weighted by Gasteiger charge is -2.32. The van der Waals surface area contributed by atoms with Crippen molar-refractivity contribution in [1.82, 2.24) is 19.9 Å². The Morgan fingerprint density at radius 2 is 2.00 bits per heavy atom. The Labute approximate surface area is 175 Å². The van der Waals surface area contributed by atoms with Gasteiger partial charge in [0.25, 0.3) is 0 Å². The summed E-state index contributed by atoms with van der Waals surface area (Å²) in [6, 6.07) is 2.68. The predicted octanol–water partition coefficient (Wildman–Crippen LogP) is 3.74. The molecule has 152 valence electrons. The van der Waals surface area contributed by atoms with E-state index in [1.807, 2.05) is 6.07 Å². The molecule has 1 unspecified atom stereocenters. The zero-order valence-corrected chi connectivity index (χ0v) is 17.1. The molecule has 2 saturated heterocycles. The molecule has 5 rings (SSSR count). The molecule has 0 spiro atoms. The van der Waals surface area contributed by atoms with Crippen LogP contribution in [0.4, 0.5) is 17.3 Å². The van der Waals surface area contributed by atoms with E-state index in [4.69, 9.17) is 16.6 Å². The highest BCUT2D eigenvalue weighted by Crippen LogP contribution is 2.36. The fourth-order valence-corrected chi connectivity index (χ4v) is 4.67. The molecule has 1 amide bonds. The van der Waals surface area contributed by atoms with Gasteiger partial charge in [0.2, 0.25) is 11.9 Å². The molecule has 7 nitrogen and oxygen atoms in total. The third-order valence-electron chi connectivity index (χ3n) is 6.04. The van der Waals surface area contributed by atoms with E-state index in [-0.39, 0.29) is 5.91 Å².